The molecular formula is C16H21N3O4. The molecule has 7 heteroatoms. The van der Waals surface area contributed by atoms with Gasteiger partial charge in [-0.1, -0.05) is 12.1 Å². The number of hydrogen-bond acceptors (Lipinski definition) is 6. The van der Waals surface area contributed by atoms with E-state index in [0.29, 0.717) is 0 Å². The molecule has 0 saturated carbocycles. The number of carbonyl (C=O) groups excluding carboxylic acids is 1. The van der Waals surface area contributed by atoms with E-state index in [0.717, 1.165) is 11.3 Å². The van der Waals surface area contributed by atoms with E-state index in [9.17, 15) is 4.79 Å². The van der Waals surface area contributed by atoms with Crippen molar-refractivity contribution in [2.45, 2.75) is 6.54 Å². The van der Waals surface area contributed by atoms with Gasteiger partial charge in [0.05, 0.1) is 20.3 Å². The molecule has 23 heavy (non-hydrogen) atoms. The van der Waals surface area contributed by atoms with Crippen LogP contribution in [0.4, 0.5) is 0 Å². The molecule has 0 radical (unpaired) electrons. The molecule has 1 aromatic rings. The van der Waals surface area contributed by atoms with Crippen LogP contribution < -0.4 is 10.1 Å². The number of nitriles is 1. The Balaban J connectivity index is 2.66. The highest BCUT2D eigenvalue weighted by atomic mass is 16.5. The average molecular weight is 319 g/mol. The number of ether oxygens (including phenoxy) is 1. The molecule has 7 nitrogen and oxygen atoms in total. The van der Waals surface area contributed by atoms with E-state index in [1.165, 1.54) is 11.1 Å². The lowest BCUT2D eigenvalue weighted by Crippen LogP contribution is -2.29. The third-order valence-electron chi connectivity index (χ3n) is 3.06. The third kappa shape index (κ3) is 6.38. The molecule has 1 rings (SSSR count). The van der Waals surface area contributed by atoms with Gasteiger partial charge in [0, 0.05) is 25.8 Å². The fraction of sp³-hybridized carbons (Fsp3) is 0.375. The van der Waals surface area contributed by atoms with E-state index in [-0.39, 0.29) is 38.4 Å². The second-order valence-corrected chi connectivity index (χ2v) is 4.67. The van der Waals surface area contributed by atoms with Gasteiger partial charge < -0.3 is 25.2 Å². The maximum atomic E-state index is 12.0. The number of nitrogens with one attached hydrogen (secondary N) is 1. The number of methoxy groups -OCH3 is 1. The number of nitrogens with zero attached hydrogens (tertiary/aromatic N) is 2. The fourth-order valence-corrected chi connectivity index (χ4v) is 1.84. The Morgan fingerprint density at radius 2 is 1.91 bits per heavy atom. The van der Waals surface area contributed by atoms with Crippen LogP contribution in [0.1, 0.15) is 5.56 Å². The standard InChI is InChI=1S/C16H21N3O4/c1-23-15-4-2-13(3-5-15)11-18-16(22)14(10-17)12-19(6-8-20)7-9-21/h2-5,12,20-21H,6-9,11H2,1H3,(H,18,22)/b14-12-. The van der Waals surface area contributed by atoms with Gasteiger partial charge in [-0.05, 0) is 17.7 Å². The predicted octanol–water partition coefficient (Wildman–Crippen LogP) is 0.00548. The lowest BCUT2D eigenvalue weighted by atomic mass is 10.2. The van der Waals surface area contributed by atoms with Crippen molar-refractivity contribution < 1.29 is 19.7 Å². The Hall–Kier alpha value is -2.56. The van der Waals surface area contributed by atoms with Gasteiger partial charge in [-0.2, -0.15) is 5.26 Å². The van der Waals surface area contributed by atoms with E-state index < -0.39 is 5.91 Å². The first-order chi connectivity index (χ1) is 11.1. The van der Waals surface area contributed by atoms with E-state index in [2.05, 4.69) is 5.32 Å². The molecule has 0 aliphatic heterocycles. The zero-order valence-electron chi connectivity index (χ0n) is 13.0. The van der Waals surface area contributed by atoms with Crippen LogP contribution >= 0.6 is 0 Å². The Bertz CT molecular complexity index is 558. The summed E-state index contributed by atoms with van der Waals surface area (Å²) in [5, 5.41) is 29.6. The number of benzene rings is 1. The van der Waals surface area contributed by atoms with Crippen molar-refractivity contribution in [2.24, 2.45) is 0 Å². The first-order valence-corrected chi connectivity index (χ1v) is 7.13. The topological polar surface area (TPSA) is 106 Å². The van der Waals surface area contributed by atoms with Crippen molar-refractivity contribution in [2.75, 3.05) is 33.4 Å². The number of carbonyl (C=O) groups is 1. The van der Waals surface area contributed by atoms with E-state index in [1.807, 2.05) is 18.2 Å². The Morgan fingerprint density at radius 1 is 1.30 bits per heavy atom. The molecule has 0 unspecified atom stereocenters. The maximum absolute atomic E-state index is 12.0. The van der Waals surface area contributed by atoms with Crippen molar-refractivity contribution >= 4 is 5.91 Å². The summed E-state index contributed by atoms with van der Waals surface area (Å²) in [6.07, 6.45) is 1.34. The van der Waals surface area contributed by atoms with Gasteiger partial charge in [0.2, 0.25) is 0 Å². The van der Waals surface area contributed by atoms with Gasteiger partial charge in [0.1, 0.15) is 17.4 Å². The third-order valence-corrected chi connectivity index (χ3v) is 3.06. The molecule has 1 amide bonds. The second-order valence-electron chi connectivity index (χ2n) is 4.67. The predicted molar refractivity (Wildman–Crippen MR) is 84.3 cm³/mol. The summed E-state index contributed by atoms with van der Waals surface area (Å²) in [6.45, 7) is 0.474. The highest BCUT2D eigenvalue weighted by Gasteiger charge is 2.11. The average Bonchev–Trinajstić information content (AvgIpc) is 2.58. The van der Waals surface area contributed by atoms with Crippen LogP contribution in [0.3, 0.4) is 0 Å². The molecule has 124 valence electrons. The minimum Gasteiger partial charge on any atom is -0.497 e. The molecule has 0 spiro atoms. The van der Waals surface area contributed by atoms with Gasteiger partial charge in [-0.3, -0.25) is 4.79 Å². The smallest absolute Gasteiger partial charge is 0.263 e. The van der Waals surface area contributed by atoms with Gasteiger partial charge in [-0.15, -0.1) is 0 Å². The van der Waals surface area contributed by atoms with Crippen molar-refractivity contribution in [1.29, 1.82) is 5.26 Å². The van der Waals surface area contributed by atoms with Crippen LogP contribution in [0.2, 0.25) is 0 Å². The zero-order chi connectivity index (χ0) is 17.1. The number of amides is 1. The summed E-state index contributed by atoms with van der Waals surface area (Å²) in [5.74, 6) is 0.213. The Kier molecular flexibility index (Phi) is 8.21. The molecule has 1 aromatic carbocycles. The molecule has 0 aliphatic carbocycles. The number of rotatable bonds is 9. The first kappa shape index (κ1) is 18.5. The molecule has 0 aromatic heterocycles. The minimum absolute atomic E-state index is 0.0830. The van der Waals surface area contributed by atoms with Crippen molar-refractivity contribution in [3.8, 4) is 11.8 Å². The SMILES string of the molecule is COc1ccc(CNC(=O)/C(C#N)=C\N(CCO)CCO)cc1. The maximum Gasteiger partial charge on any atom is 0.263 e. The van der Waals surface area contributed by atoms with Crippen LogP contribution in [-0.4, -0.2) is 54.4 Å². The highest BCUT2D eigenvalue weighted by molar-refractivity contribution is 5.97. The van der Waals surface area contributed by atoms with Crippen LogP contribution in [0.25, 0.3) is 0 Å². The zero-order valence-corrected chi connectivity index (χ0v) is 13.0. The van der Waals surface area contributed by atoms with Crippen LogP contribution in [0, 0.1) is 11.3 Å². The quantitative estimate of drug-likeness (QED) is 0.437. The number of hydrogen-bond donors (Lipinski definition) is 3. The summed E-state index contributed by atoms with van der Waals surface area (Å²) in [6, 6.07) is 9.03. The lowest BCUT2D eigenvalue weighted by molar-refractivity contribution is -0.117. The second kappa shape index (κ2) is 10.2. The summed E-state index contributed by atoms with van der Waals surface area (Å²) < 4.78 is 5.05. The fourth-order valence-electron chi connectivity index (χ4n) is 1.84. The van der Waals surface area contributed by atoms with E-state index in [1.54, 1.807) is 19.2 Å². The summed E-state index contributed by atoms with van der Waals surface area (Å²) >= 11 is 0. The van der Waals surface area contributed by atoms with Crippen molar-refractivity contribution in [1.82, 2.24) is 10.2 Å². The molecule has 0 atom stereocenters. The minimum atomic E-state index is -0.510. The largest absolute Gasteiger partial charge is 0.497 e. The summed E-state index contributed by atoms with van der Waals surface area (Å²) in [7, 11) is 1.57. The van der Waals surface area contributed by atoms with Crippen molar-refractivity contribution in [3.63, 3.8) is 0 Å². The summed E-state index contributed by atoms with van der Waals surface area (Å²) in [4.78, 5) is 13.6. The van der Waals surface area contributed by atoms with Gasteiger partial charge in [0.15, 0.2) is 0 Å². The summed E-state index contributed by atoms with van der Waals surface area (Å²) in [5.41, 5.74) is 0.791. The molecule has 0 fully saturated rings. The molecular weight excluding hydrogens is 298 g/mol. The molecule has 0 aliphatic rings. The van der Waals surface area contributed by atoms with E-state index >= 15 is 0 Å². The van der Waals surface area contributed by atoms with Gasteiger partial charge in [0.25, 0.3) is 5.91 Å². The first-order valence-electron chi connectivity index (χ1n) is 7.13. The van der Waals surface area contributed by atoms with Gasteiger partial charge in [-0.25, -0.2) is 0 Å². The number of aliphatic hydroxyl groups is 2. The molecule has 3 N–H and O–H groups in total. The molecule has 0 saturated heterocycles. The van der Waals surface area contributed by atoms with Crippen LogP contribution in [-0.2, 0) is 11.3 Å². The Morgan fingerprint density at radius 3 is 2.39 bits per heavy atom. The Labute approximate surface area is 135 Å². The number of aliphatic hydroxyl groups excluding tert-OH is 2. The highest BCUT2D eigenvalue weighted by Crippen LogP contribution is 2.11. The van der Waals surface area contributed by atoms with Crippen molar-refractivity contribution in [3.05, 3.63) is 41.6 Å². The molecule has 0 heterocycles. The van der Waals surface area contributed by atoms with Crippen LogP contribution in [0.15, 0.2) is 36.0 Å². The van der Waals surface area contributed by atoms with Crippen LogP contribution in [0.5, 0.6) is 5.75 Å². The lowest BCUT2D eigenvalue weighted by Gasteiger charge is -2.18. The van der Waals surface area contributed by atoms with Gasteiger partial charge >= 0.3 is 0 Å². The molecule has 0 bridgehead atoms. The van der Waals surface area contributed by atoms with E-state index in [4.69, 9.17) is 20.2 Å². The monoisotopic (exact) mass is 319 g/mol. The normalized spacial score (nSPS) is 10.8.